The molecule has 1 saturated heterocycles. The Labute approximate surface area is 182 Å². The molecule has 2 N–H and O–H groups in total. The highest BCUT2D eigenvalue weighted by atomic mass is 16.5. The van der Waals surface area contributed by atoms with Crippen LogP contribution >= 0.6 is 0 Å². The lowest BCUT2D eigenvalue weighted by Crippen LogP contribution is -2.42. The smallest absolute Gasteiger partial charge is 0.324 e. The van der Waals surface area contributed by atoms with Crippen LogP contribution in [0.1, 0.15) is 38.1 Å². The molecule has 31 heavy (non-hydrogen) atoms. The van der Waals surface area contributed by atoms with Crippen LogP contribution in [0.5, 0.6) is 5.75 Å². The molecule has 1 fully saturated rings. The molecule has 1 unspecified atom stereocenters. The van der Waals surface area contributed by atoms with Crippen LogP contribution in [-0.4, -0.2) is 46.8 Å². The zero-order valence-corrected chi connectivity index (χ0v) is 17.8. The summed E-state index contributed by atoms with van der Waals surface area (Å²) in [5.74, 6) is 1.63. The maximum absolute atomic E-state index is 12.8. The molecule has 1 aromatic heterocycles. The Kier molecular flexibility index (Phi) is 6.54. The van der Waals surface area contributed by atoms with Crippen LogP contribution in [0.4, 0.5) is 16.3 Å². The normalized spacial score (nSPS) is 19.1. The third-order valence-corrected chi connectivity index (χ3v) is 6.01. The van der Waals surface area contributed by atoms with Crippen molar-refractivity contribution in [1.29, 1.82) is 0 Å². The predicted molar refractivity (Wildman–Crippen MR) is 119 cm³/mol. The van der Waals surface area contributed by atoms with Gasteiger partial charge in [0.25, 0.3) is 0 Å². The van der Waals surface area contributed by atoms with E-state index in [1.54, 1.807) is 31.5 Å². The standard InChI is InChI=1S/C23H29N5O3/c1-31-20-10-6-5-9-19(20)25-23(30)26-21-11-14-24-28(21)18-12-15-27(16-13-18)22(29)17-7-3-2-4-8-17/h2-3,5-6,9-11,14,17-18H,4,7-8,12-13,15-16H2,1H3,(H2,25,26,30). The number of allylic oxidation sites excluding steroid dienone is 2. The van der Waals surface area contributed by atoms with Crippen molar-refractivity contribution < 1.29 is 14.3 Å². The Morgan fingerprint density at radius 2 is 1.87 bits per heavy atom. The highest BCUT2D eigenvalue weighted by molar-refractivity contribution is 6.00. The van der Waals surface area contributed by atoms with Crippen molar-refractivity contribution in [3.8, 4) is 5.75 Å². The number of piperidine rings is 1. The number of hydrogen-bond acceptors (Lipinski definition) is 4. The fourth-order valence-corrected chi connectivity index (χ4v) is 4.33. The molecule has 2 heterocycles. The van der Waals surface area contributed by atoms with E-state index >= 15 is 0 Å². The molecule has 164 valence electrons. The number of carbonyl (C=O) groups is 2. The number of benzene rings is 1. The molecule has 4 rings (SSSR count). The average Bonchev–Trinajstić information content (AvgIpc) is 3.27. The molecule has 1 aliphatic heterocycles. The van der Waals surface area contributed by atoms with Gasteiger partial charge < -0.3 is 15.0 Å². The molecule has 1 aromatic carbocycles. The quantitative estimate of drug-likeness (QED) is 0.710. The van der Waals surface area contributed by atoms with E-state index < -0.39 is 0 Å². The zero-order chi connectivity index (χ0) is 21.6. The van der Waals surface area contributed by atoms with Gasteiger partial charge in [0.1, 0.15) is 11.6 Å². The monoisotopic (exact) mass is 423 g/mol. The molecule has 3 amide bonds. The van der Waals surface area contributed by atoms with Gasteiger partial charge >= 0.3 is 6.03 Å². The van der Waals surface area contributed by atoms with Crippen LogP contribution in [-0.2, 0) is 4.79 Å². The highest BCUT2D eigenvalue weighted by Gasteiger charge is 2.29. The van der Waals surface area contributed by atoms with E-state index in [4.69, 9.17) is 4.74 Å². The van der Waals surface area contributed by atoms with Crippen molar-refractivity contribution in [1.82, 2.24) is 14.7 Å². The van der Waals surface area contributed by atoms with Gasteiger partial charge in [-0.1, -0.05) is 24.3 Å². The summed E-state index contributed by atoms with van der Waals surface area (Å²) in [7, 11) is 1.57. The number of para-hydroxylation sites is 2. The van der Waals surface area contributed by atoms with E-state index in [1.807, 2.05) is 21.7 Å². The van der Waals surface area contributed by atoms with Crippen LogP contribution in [0, 0.1) is 5.92 Å². The number of likely N-dealkylation sites (tertiary alicyclic amines) is 1. The first kappa shape index (κ1) is 21.0. The van der Waals surface area contributed by atoms with Crippen LogP contribution in [0.15, 0.2) is 48.7 Å². The van der Waals surface area contributed by atoms with Crippen molar-refractivity contribution >= 4 is 23.4 Å². The maximum atomic E-state index is 12.8. The highest BCUT2D eigenvalue weighted by Crippen LogP contribution is 2.29. The summed E-state index contributed by atoms with van der Waals surface area (Å²) in [6, 6.07) is 8.83. The Morgan fingerprint density at radius 1 is 1.06 bits per heavy atom. The minimum Gasteiger partial charge on any atom is -0.495 e. The maximum Gasteiger partial charge on any atom is 0.324 e. The fourth-order valence-electron chi connectivity index (χ4n) is 4.33. The average molecular weight is 424 g/mol. The number of ether oxygens (including phenoxy) is 1. The number of methoxy groups -OCH3 is 1. The van der Waals surface area contributed by atoms with Crippen molar-refractivity contribution in [2.75, 3.05) is 30.8 Å². The van der Waals surface area contributed by atoms with Gasteiger partial charge in [0.15, 0.2) is 0 Å². The Bertz CT molecular complexity index is 946. The summed E-state index contributed by atoms with van der Waals surface area (Å²) in [5.41, 5.74) is 0.595. The number of hydrogen-bond donors (Lipinski definition) is 2. The van der Waals surface area contributed by atoms with Gasteiger partial charge in [0.2, 0.25) is 5.91 Å². The van der Waals surface area contributed by atoms with E-state index in [-0.39, 0.29) is 23.9 Å². The van der Waals surface area contributed by atoms with E-state index in [0.717, 1.165) is 45.2 Å². The minimum absolute atomic E-state index is 0.127. The summed E-state index contributed by atoms with van der Waals surface area (Å²) < 4.78 is 7.13. The van der Waals surface area contributed by atoms with Gasteiger partial charge in [-0.15, -0.1) is 0 Å². The molecule has 0 radical (unpaired) electrons. The number of nitrogens with one attached hydrogen (secondary N) is 2. The van der Waals surface area contributed by atoms with Crippen LogP contribution in [0.3, 0.4) is 0 Å². The number of amides is 3. The van der Waals surface area contributed by atoms with Crippen molar-refractivity contribution in [2.24, 2.45) is 5.92 Å². The summed E-state index contributed by atoms with van der Waals surface area (Å²) in [6.07, 6.45) is 10.4. The van der Waals surface area contributed by atoms with E-state index in [0.29, 0.717) is 17.3 Å². The Morgan fingerprint density at radius 3 is 2.61 bits per heavy atom. The summed E-state index contributed by atoms with van der Waals surface area (Å²) in [5, 5.41) is 10.1. The molecule has 1 aliphatic carbocycles. The zero-order valence-electron chi connectivity index (χ0n) is 17.8. The Hall–Kier alpha value is -3.29. The first-order valence-electron chi connectivity index (χ1n) is 10.8. The predicted octanol–water partition coefficient (Wildman–Crippen LogP) is 4.06. The number of urea groups is 1. The van der Waals surface area contributed by atoms with Gasteiger partial charge in [-0.25, -0.2) is 9.48 Å². The minimum atomic E-state index is -0.357. The molecule has 2 aliphatic rings. The molecular weight excluding hydrogens is 394 g/mol. The molecule has 0 spiro atoms. The topological polar surface area (TPSA) is 88.5 Å². The van der Waals surface area contributed by atoms with Crippen molar-refractivity contribution in [3.05, 3.63) is 48.7 Å². The van der Waals surface area contributed by atoms with Gasteiger partial charge in [-0.2, -0.15) is 5.10 Å². The fraction of sp³-hybridized carbons (Fsp3) is 0.435. The van der Waals surface area contributed by atoms with E-state index in [9.17, 15) is 9.59 Å². The molecule has 0 bridgehead atoms. The van der Waals surface area contributed by atoms with Gasteiger partial charge in [-0.05, 0) is 44.2 Å². The second-order valence-corrected chi connectivity index (χ2v) is 7.98. The van der Waals surface area contributed by atoms with Crippen molar-refractivity contribution in [3.63, 3.8) is 0 Å². The van der Waals surface area contributed by atoms with Crippen LogP contribution in [0.25, 0.3) is 0 Å². The number of anilines is 2. The summed E-state index contributed by atoms with van der Waals surface area (Å²) >= 11 is 0. The molecule has 1 atom stereocenters. The Balaban J connectivity index is 1.34. The lowest BCUT2D eigenvalue weighted by atomic mass is 9.92. The van der Waals surface area contributed by atoms with E-state index in [2.05, 4.69) is 27.9 Å². The largest absolute Gasteiger partial charge is 0.495 e. The van der Waals surface area contributed by atoms with Gasteiger partial charge in [-0.3, -0.25) is 10.1 Å². The van der Waals surface area contributed by atoms with Gasteiger partial charge in [0, 0.05) is 25.1 Å². The number of aromatic nitrogens is 2. The SMILES string of the molecule is COc1ccccc1NC(=O)Nc1ccnn1C1CCN(C(=O)C2CC=CCC2)CC1. The summed E-state index contributed by atoms with van der Waals surface area (Å²) in [6.45, 7) is 1.44. The van der Waals surface area contributed by atoms with E-state index in [1.165, 1.54) is 0 Å². The second-order valence-electron chi connectivity index (χ2n) is 7.98. The number of nitrogens with zero attached hydrogens (tertiary/aromatic N) is 3. The first-order chi connectivity index (χ1) is 15.2. The third kappa shape index (κ3) is 4.90. The second kappa shape index (κ2) is 9.68. The van der Waals surface area contributed by atoms with Gasteiger partial charge in [0.05, 0.1) is 25.0 Å². The molecule has 2 aromatic rings. The molecule has 8 heteroatoms. The lowest BCUT2D eigenvalue weighted by molar-refractivity contribution is -0.137. The summed E-state index contributed by atoms with van der Waals surface area (Å²) in [4.78, 5) is 27.3. The number of carbonyl (C=O) groups excluding carboxylic acids is 2. The third-order valence-electron chi connectivity index (χ3n) is 6.01. The first-order valence-corrected chi connectivity index (χ1v) is 10.8. The van der Waals surface area contributed by atoms with Crippen LogP contribution < -0.4 is 15.4 Å². The number of rotatable bonds is 5. The van der Waals surface area contributed by atoms with Crippen LogP contribution in [0.2, 0.25) is 0 Å². The lowest BCUT2D eigenvalue weighted by Gasteiger charge is -2.35. The molecule has 0 saturated carbocycles. The molecule has 8 nitrogen and oxygen atoms in total. The van der Waals surface area contributed by atoms with Crippen molar-refractivity contribution in [2.45, 2.75) is 38.1 Å². The molecular formula is C23H29N5O3.